The van der Waals surface area contributed by atoms with Crippen LogP contribution in [0.3, 0.4) is 0 Å². The number of carboxylic acids is 1. The van der Waals surface area contributed by atoms with E-state index in [2.05, 4.69) is 12.2 Å². The molecule has 1 aromatic carbocycles. The van der Waals surface area contributed by atoms with E-state index in [4.69, 9.17) is 5.11 Å². The number of likely N-dealkylation sites (tertiary alicyclic amines) is 1. The molecule has 5 nitrogen and oxygen atoms in total. The normalized spacial score (nSPS) is 18.4. The third-order valence-corrected chi connectivity index (χ3v) is 3.31. The van der Waals surface area contributed by atoms with E-state index in [1.807, 2.05) is 0 Å². The molecule has 0 spiro atoms. The standard InChI is InChI=1S/C14H18N2O3/c1-10-6-7-16(9-10)14(19)15-12-5-3-2-4-11(12)8-13(17)18/h2-5,10H,6-9H2,1H3,(H,15,19)(H,17,18). The number of urea groups is 1. The smallest absolute Gasteiger partial charge is 0.321 e. The zero-order chi connectivity index (χ0) is 13.8. The van der Waals surface area contributed by atoms with Crippen LogP contribution in [0.1, 0.15) is 18.9 Å². The minimum Gasteiger partial charge on any atom is -0.481 e. The summed E-state index contributed by atoms with van der Waals surface area (Å²) < 4.78 is 0. The Bertz CT molecular complexity index is 487. The summed E-state index contributed by atoms with van der Waals surface area (Å²) in [7, 11) is 0. The van der Waals surface area contributed by atoms with Gasteiger partial charge in [0, 0.05) is 18.8 Å². The van der Waals surface area contributed by atoms with Crippen molar-refractivity contribution in [3.8, 4) is 0 Å². The van der Waals surface area contributed by atoms with Gasteiger partial charge in [0.25, 0.3) is 0 Å². The van der Waals surface area contributed by atoms with Crippen LogP contribution in [-0.2, 0) is 11.2 Å². The van der Waals surface area contributed by atoms with Gasteiger partial charge in [-0.1, -0.05) is 25.1 Å². The highest BCUT2D eigenvalue weighted by atomic mass is 16.4. The zero-order valence-electron chi connectivity index (χ0n) is 10.9. The summed E-state index contributed by atoms with van der Waals surface area (Å²) in [6.07, 6.45) is 0.928. The number of rotatable bonds is 3. The first-order chi connectivity index (χ1) is 9.06. The van der Waals surface area contributed by atoms with Gasteiger partial charge in [-0.2, -0.15) is 0 Å². The van der Waals surface area contributed by atoms with Crippen molar-refractivity contribution in [2.75, 3.05) is 18.4 Å². The fraction of sp³-hybridized carbons (Fsp3) is 0.429. The topological polar surface area (TPSA) is 69.6 Å². The number of nitrogens with one attached hydrogen (secondary N) is 1. The maximum atomic E-state index is 12.1. The van der Waals surface area contributed by atoms with Crippen LogP contribution in [0.15, 0.2) is 24.3 Å². The molecule has 0 aliphatic carbocycles. The van der Waals surface area contributed by atoms with Crippen LogP contribution in [0.4, 0.5) is 10.5 Å². The van der Waals surface area contributed by atoms with E-state index in [0.717, 1.165) is 19.5 Å². The van der Waals surface area contributed by atoms with Crippen molar-refractivity contribution in [2.24, 2.45) is 5.92 Å². The highest BCUT2D eigenvalue weighted by Crippen LogP contribution is 2.19. The van der Waals surface area contributed by atoms with Crippen LogP contribution in [0, 0.1) is 5.92 Å². The molecule has 1 heterocycles. The molecule has 0 radical (unpaired) electrons. The van der Waals surface area contributed by atoms with Crippen LogP contribution in [0.25, 0.3) is 0 Å². The van der Waals surface area contributed by atoms with Gasteiger partial charge in [-0.15, -0.1) is 0 Å². The Hall–Kier alpha value is -2.04. The van der Waals surface area contributed by atoms with Crippen LogP contribution < -0.4 is 5.32 Å². The first-order valence-corrected chi connectivity index (χ1v) is 6.42. The van der Waals surface area contributed by atoms with Crippen molar-refractivity contribution >= 4 is 17.7 Å². The molecule has 0 aromatic heterocycles. The van der Waals surface area contributed by atoms with Crippen molar-refractivity contribution in [3.63, 3.8) is 0 Å². The molecule has 1 aliphatic heterocycles. The second-order valence-corrected chi connectivity index (χ2v) is 5.00. The predicted molar refractivity (Wildman–Crippen MR) is 72.2 cm³/mol. The molecule has 2 amide bonds. The first-order valence-electron chi connectivity index (χ1n) is 6.42. The molecule has 2 N–H and O–H groups in total. The molecule has 102 valence electrons. The van der Waals surface area contributed by atoms with Crippen LogP contribution in [0.2, 0.25) is 0 Å². The summed E-state index contributed by atoms with van der Waals surface area (Å²) in [4.78, 5) is 24.6. The second-order valence-electron chi connectivity index (χ2n) is 5.00. The summed E-state index contributed by atoms with van der Waals surface area (Å²) in [5.74, 6) is -0.378. The van der Waals surface area contributed by atoms with E-state index in [1.165, 1.54) is 0 Å². The van der Waals surface area contributed by atoms with Gasteiger partial charge in [-0.3, -0.25) is 4.79 Å². The number of para-hydroxylation sites is 1. The van der Waals surface area contributed by atoms with Crippen molar-refractivity contribution in [3.05, 3.63) is 29.8 Å². The molecular weight excluding hydrogens is 244 g/mol. The maximum Gasteiger partial charge on any atom is 0.321 e. The molecular formula is C14H18N2O3. The Balaban J connectivity index is 2.06. The quantitative estimate of drug-likeness (QED) is 0.877. The summed E-state index contributed by atoms with van der Waals surface area (Å²) >= 11 is 0. The summed E-state index contributed by atoms with van der Waals surface area (Å²) in [5, 5.41) is 11.7. The predicted octanol–water partition coefficient (Wildman–Crippen LogP) is 2.19. The zero-order valence-corrected chi connectivity index (χ0v) is 10.9. The van der Waals surface area contributed by atoms with E-state index >= 15 is 0 Å². The summed E-state index contributed by atoms with van der Waals surface area (Å²) in [6, 6.07) is 6.85. The first kappa shape index (κ1) is 13.4. The Kier molecular flexibility index (Phi) is 4.04. The summed E-state index contributed by atoms with van der Waals surface area (Å²) in [6.45, 7) is 3.63. The highest BCUT2D eigenvalue weighted by Gasteiger charge is 2.23. The van der Waals surface area contributed by atoms with Crippen molar-refractivity contribution in [2.45, 2.75) is 19.8 Å². The maximum absolute atomic E-state index is 12.1. The lowest BCUT2D eigenvalue weighted by atomic mass is 10.1. The van der Waals surface area contributed by atoms with Crippen molar-refractivity contribution in [1.82, 2.24) is 4.90 Å². The lowest BCUT2D eigenvalue weighted by Crippen LogP contribution is -2.33. The molecule has 0 bridgehead atoms. The Morgan fingerprint density at radius 1 is 1.42 bits per heavy atom. The molecule has 1 unspecified atom stereocenters. The molecule has 1 saturated heterocycles. The number of hydrogen-bond donors (Lipinski definition) is 2. The van der Waals surface area contributed by atoms with Gasteiger partial charge in [0.05, 0.1) is 6.42 Å². The van der Waals surface area contributed by atoms with Gasteiger partial charge >= 0.3 is 12.0 Å². The lowest BCUT2D eigenvalue weighted by molar-refractivity contribution is -0.136. The average molecular weight is 262 g/mol. The Morgan fingerprint density at radius 3 is 2.79 bits per heavy atom. The molecule has 1 atom stereocenters. The van der Waals surface area contributed by atoms with Gasteiger partial charge in [0.1, 0.15) is 0 Å². The molecule has 1 aliphatic rings. The number of carbonyl (C=O) groups excluding carboxylic acids is 1. The van der Waals surface area contributed by atoms with Gasteiger partial charge in [0.2, 0.25) is 0 Å². The van der Waals surface area contributed by atoms with Crippen molar-refractivity contribution in [1.29, 1.82) is 0 Å². The number of carbonyl (C=O) groups is 2. The lowest BCUT2D eigenvalue weighted by Gasteiger charge is -2.18. The van der Waals surface area contributed by atoms with E-state index in [9.17, 15) is 9.59 Å². The number of nitrogens with zero attached hydrogens (tertiary/aromatic N) is 1. The van der Waals surface area contributed by atoms with Crippen LogP contribution in [-0.4, -0.2) is 35.1 Å². The molecule has 1 aromatic rings. The Labute approximate surface area is 112 Å². The van der Waals surface area contributed by atoms with Crippen LogP contribution in [0.5, 0.6) is 0 Å². The SMILES string of the molecule is CC1CCN(C(=O)Nc2ccccc2CC(=O)O)C1. The van der Waals surface area contributed by atoms with Gasteiger partial charge < -0.3 is 15.3 Å². The molecule has 2 rings (SSSR count). The minimum absolute atomic E-state index is 0.0904. The minimum atomic E-state index is -0.906. The Morgan fingerprint density at radius 2 is 2.16 bits per heavy atom. The second kappa shape index (κ2) is 5.73. The molecule has 5 heteroatoms. The van der Waals surface area contributed by atoms with Gasteiger partial charge in [-0.25, -0.2) is 4.79 Å². The van der Waals surface area contributed by atoms with E-state index in [0.29, 0.717) is 17.2 Å². The van der Waals surface area contributed by atoms with Crippen molar-refractivity contribution < 1.29 is 14.7 Å². The fourth-order valence-electron chi connectivity index (χ4n) is 2.27. The number of amides is 2. The third kappa shape index (κ3) is 3.47. The van der Waals surface area contributed by atoms with Gasteiger partial charge in [0.15, 0.2) is 0 Å². The van der Waals surface area contributed by atoms with Gasteiger partial charge in [-0.05, 0) is 24.0 Å². The molecule has 1 fully saturated rings. The van der Waals surface area contributed by atoms with Crippen LogP contribution >= 0.6 is 0 Å². The summed E-state index contributed by atoms with van der Waals surface area (Å²) in [5.41, 5.74) is 1.20. The average Bonchev–Trinajstić information content (AvgIpc) is 2.78. The molecule has 0 saturated carbocycles. The third-order valence-electron chi connectivity index (χ3n) is 3.31. The number of anilines is 1. The largest absolute Gasteiger partial charge is 0.481 e. The number of aliphatic carboxylic acids is 1. The molecule has 19 heavy (non-hydrogen) atoms. The monoisotopic (exact) mass is 262 g/mol. The number of benzene rings is 1. The highest BCUT2D eigenvalue weighted by molar-refractivity contribution is 5.91. The fourth-order valence-corrected chi connectivity index (χ4v) is 2.27. The van der Waals surface area contributed by atoms with E-state index in [-0.39, 0.29) is 12.5 Å². The number of carboxylic acid groups (broad SMARTS) is 1. The number of hydrogen-bond acceptors (Lipinski definition) is 2. The van der Waals surface area contributed by atoms with E-state index < -0.39 is 5.97 Å². The van der Waals surface area contributed by atoms with E-state index in [1.54, 1.807) is 29.2 Å².